The van der Waals surface area contributed by atoms with Gasteiger partial charge < -0.3 is 19.9 Å². The van der Waals surface area contributed by atoms with E-state index in [4.69, 9.17) is 16.3 Å². The number of ether oxygens (including phenoxy) is 2. The van der Waals surface area contributed by atoms with E-state index in [0.29, 0.717) is 12.0 Å². The summed E-state index contributed by atoms with van der Waals surface area (Å²) in [5, 5.41) is 12.6. The van der Waals surface area contributed by atoms with Gasteiger partial charge in [0.05, 0.1) is 11.6 Å². The van der Waals surface area contributed by atoms with Crippen LogP contribution in [0.3, 0.4) is 0 Å². The fourth-order valence-electron chi connectivity index (χ4n) is 2.86. The highest BCUT2D eigenvalue weighted by atomic mass is 35.5. The van der Waals surface area contributed by atoms with Gasteiger partial charge in [-0.1, -0.05) is 31.4 Å². The van der Waals surface area contributed by atoms with Crippen LogP contribution >= 0.6 is 11.6 Å². The van der Waals surface area contributed by atoms with Gasteiger partial charge in [-0.05, 0) is 50.1 Å². The molecule has 33 heavy (non-hydrogen) atoms. The largest absolute Gasteiger partial charge is 0.507 e. The average molecular weight is 499 g/mol. The number of hydrogen-bond acceptors (Lipinski definition) is 7. The van der Waals surface area contributed by atoms with E-state index in [1.165, 1.54) is 30.3 Å². The lowest BCUT2D eigenvalue weighted by Gasteiger charge is -2.15. The Morgan fingerprint density at radius 3 is 2.48 bits per heavy atom. The molecule has 0 spiro atoms. The summed E-state index contributed by atoms with van der Waals surface area (Å²) in [6.07, 6.45) is 2.51. The number of anilines is 1. The van der Waals surface area contributed by atoms with Gasteiger partial charge >= 0.3 is 11.9 Å². The quantitative estimate of drug-likeness (QED) is 0.255. The Labute approximate surface area is 198 Å². The Balaban J connectivity index is 2.23. The van der Waals surface area contributed by atoms with Gasteiger partial charge in [-0.3, -0.25) is 4.79 Å². The second-order valence-electron chi connectivity index (χ2n) is 7.12. The molecule has 0 aliphatic heterocycles. The summed E-state index contributed by atoms with van der Waals surface area (Å²) >= 11 is 6.30. The predicted molar refractivity (Wildman–Crippen MR) is 124 cm³/mol. The van der Waals surface area contributed by atoms with Crippen LogP contribution in [-0.2, 0) is 24.3 Å². The number of rotatable bonds is 10. The van der Waals surface area contributed by atoms with Crippen molar-refractivity contribution in [2.75, 3.05) is 18.5 Å². The summed E-state index contributed by atoms with van der Waals surface area (Å²) < 4.78 is 38.0. The summed E-state index contributed by atoms with van der Waals surface area (Å²) in [6.45, 7) is 5.58. The van der Waals surface area contributed by atoms with Gasteiger partial charge in [0.25, 0.3) is 0 Å². The van der Waals surface area contributed by atoms with Crippen molar-refractivity contribution in [3.63, 3.8) is 0 Å². The highest BCUT2D eigenvalue weighted by molar-refractivity contribution is 7.89. The van der Waals surface area contributed by atoms with Gasteiger partial charge in [-0.25, -0.2) is 17.9 Å². The fourth-order valence-corrected chi connectivity index (χ4v) is 4.35. The van der Waals surface area contributed by atoms with Crippen LogP contribution < -0.4 is 14.8 Å². The SMILES string of the molecule is CCCCCNS(=O)(=O)c1cc(Oc2c(C)cc(NC(=O)C(=O)OCC)cc2Cl)ccc1O. The zero-order valence-electron chi connectivity index (χ0n) is 18.6. The number of esters is 1. The summed E-state index contributed by atoms with van der Waals surface area (Å²) in [4.78, 5) is 23.0. The summed E-state index contributed by atoms with van der Waals surface area (Å²) in [5.74, 6) is -2.02. The lowest BCUT2D eigenvalue weighted by atomic mass is 10.2. The number of amides is 1. The number of halogens is 1. The minimum atomic E-state index is -3.94. The van der Waals surface area contributed by atoms with E-state index in [1.807, 2.05) is 6.92 Å². The van der Waals surface area contributed by atoms with Crippen molar-refractivity contribution in [1.82, 2.24) is 4.72 Å². The third-order valence-electron chi connectivity index (χ3n) is 4.46. The number of carbonyl (C=O) groups is 2. The molecule has 11 heteroatoms. The monoisotopic (exact) mass is 498 g/mol. The minimum absolute atomic E-state index is 0.0669. The number of aryl methyl sites for hydroxylation is 1. The number of sulfonamides is 1. The number of aromatic hydroxyl groups is 1. The van der Waals surface area contributed by atoms with Crippen molar-refractivity contribution in [3.05, 3.63) is 40.9 Å². The first-order valence-corrected chi connectivity index (χ1v) is 12.2. The van der Waals surface area contributed by atoms with E-state index in [9.17, 15) is 23.1 Å². The molecule has 180 valence electrons. The summed E-state index contributed by atoms with van der Waals surface area (Å²) in [5.41, 5.74) is 0.769. The van der Waals surface area contributed by atoms with E-state index in [-0.39, 0.29) is 40.3 Å². The first kappa shape index (κ1) is 26.4. The predicted octanol–water partition coefficient (Wildman–Crippen LogP) is 4.12. The van der Waals surface area contributed by atoms with Gasteiger partial charge in [0, 0.05) is 18.3 Å². The Morgan fingerprint density at radius 2 is 1.85 bits per heavy atom. The number of phenolic OH excluding ortho intramolecular Hbond substituents is 1. The molecule has 0 radical (unpaired) electrons. The molecule has 2 aromatic carbocycles. The lowest BCUT2D eigenvalue weighted by Crippen LogP contribution is -2.25. The van der Waals surface area contributed by atoms with E-state index in [2.05, 4.69) is 14.8 Å². The molecule has 1 amide bonds. The van der Waals surface area contributed by atoms with Crippen molar-refractivity contribution < 1.29 is 32.6 Å². The topological polar surface area (TPSA) is 131 Å². The highest BCUT2D eigenvalue weighted by Crippen LogP contribution is 2.37. The van der Waals surface area contributed by atoms with E-state index in [1.54, 1.807) is 13.8 Å². The maximum absolute atomic E-state index is 12.6. The molecular weight excluding hydrogens is 472 g/mol. The third-order valence-corrected chi connectivity index (χ3v) is 6.23. The van der Waals surface area contributed by atoms with Gasteiger partial charge in [-0.15, -0.1) is 0 Å². The standard InChI is InChI=1S/C22H27ClN2O7S/c1-4-6-7-10-24-33(29,30)19-13-16(8-9-18(19)26)32-20-14(3)11-15(12-17(20)23)25-21(27)22(28)31-5-2/h8-9,11-13,24,26H,4-7,10H2,1-3H3,(H,25,27). The Bertz CT molecular complexity index is 1100. The molecule has 0 aromatic heterocycles. The normalized spacial score (nSPS) is 11.2. The second-order valence-corrected chi connectivity index (χ2v) is 9.26. The number of unbranched alkanes of at least 4 members (excludes halogenated alkanes) is 2. The summed E-state index contributed by atoms with van der Waals surface area (Å²) in [6, 6.07) is 6.73. The van der Waals surface area contributed by atoms with Crippen LogP contribution in [0.2, 0.25) is 5.02 Å². The van der Waals surface area contributed by atoms with E-state index >= 15 is 0 Å². The number of nitrogens with one attached hydrogen (secondary N) is 2. The lowest BCUT2D eigenvalue weighted by molar-refractivity contribution is -0.152. The number of phenols is 1. The van der Waals surface area contributed by atoms with Gasteiger partial charge in [0.2, 0.25) is 10.0 Å². The first-order chi connectivity index (χ1) is 15.6. The van der Waals surface area contributed by atoms with Crippen molar-refractivity contribution in [2.45, 2.75) is 44.9 Å². The number of benzene rings is 2. The second kappa shape index (κ2) is 11.9. The molecule has 2 aromatic rings. The zero-order valence-corrected chi connectivity index (χ0v) is 20.2. The molecule has 3 N–H and O–H groups in total. The van der Waals surface area contributed by atoms with Crippen LogP contribution in [0.5, 0.6) is 17.2 Å². The molecule has 0 heterocycles. The molecular formula is C22H27ClN2O7S. The minimum Gasteiger partial charge on any atom is -0.507 e. The van der Waals surface area contributed by atoms with Crippen molar-refractivity contribution in [3.8, 4) is 17.2 Å². The van der Waals surface area contributed by atoms with Crippen LogP contribution in [-0.4, -0.2) is 38.6 Å². The zero-order chi connectivity index (χ0) is 24.6. The average Bonchev–Trinajstić information content (AvgIpc) is 2.75. The van der Waals surface area contributed by atoms with Gasteiger partial charge in [0.15, 0.2) is 0 Å². The third kappa shape index (κ3) is 7.34. The van der Waals surface area contributed by atoms with Gasteiger partial charge in [-0.2, -0.15) is 0 Å². The molecule has 0 atom stereocenters. The maximum atomic E-state index is 12.6. The smallest absolute Gasteiger partial charge is 0.397 e. The van der Waals surface area contributed by atoms with E-state index in [0.717, 1.165) is 12.8 Å². The van der Waals surface area contributed by atoms with Crippen LogP contribution in [0.25, 0.3) is 0 Å². The fraction of sp³-hybridized carbons (Fsp3) is 0.364. The van der Waals surface area contributed by atoms with Crippen LogP contribution in [0, 0.1) is 6.92 Å². The van der Waals surface area contributed by atoms with Crippen LogP contribution in [0.4, 0.5) is 5.69 Å². The highest BCUT2D eigenvalue weighted by Gasteiger charge is 2.21. The maximum Gasteiger partial charge on any atom is 0.397 e. The molecule has 0 saturated heterocycles. The molecule has 0 aliphatic carbocycles. The molecule has 0 unspecified atom stereocenters. The Morgan fingerprint density at radius 1 is 1.12 bits per heavy atom. The van der Waals surface area contributed by atoms with Crippen LogP contribution in [0.1, 0.15) is 38.7 Å². The van der Waals surface area contributed by atoms with Crippen molar-refractivity contribution in [1.29, 1.82) is 0 Å². The molecule has 2 rings (SSSR count). The van der Waals surface area contributed by atoms with Crippen molar-refractivity contribution >= 4 is 39.2 Å². The summed E-state index contributed by atoms with van der Waals surface area (Å²) in [7, 11) is -3.94. The number of carbonyl (C=O) groups excluding carboxylic acids is 2. The Hall–Kier alpha value is -2.82. The first-order valence-electron chi connectivity index (χ1n) is 10.4. The van der Waals surface area contributed by atoms with Crippen molar-refractivity contribution in [2.24, 2.45) is 0 Å². The molecule has 9 nitrogen and oxygen atoms in total. The molecule has 0 fully saturated rings. The molecule has 0 aliphatic rings. The van der Waals surface area contributed by atoms with E-state index < -0.39 is 27.6 Å². The van der Waals surface area contributed by atoms with Crippen LogP contribution in [0.15, 0.2) is 35.2 Å². The Kier molecular flexibility index (Phi) is 9.51. The molecule has 0 saturated carbocycles. The molecule has 0 bridgehead atoms. The number of hydrogen-bond donors (Lipinski definition) is 3. The van der Waals surface area contributed by atoms with Gasteiger partial charge in [0.1, 0.15) is 22.1 Å².